The van der Waals surface area contributed by atoms with Crippen molar-refractivity contribution in [3.8, 4) is 11.5 Å². The molecule has 0 aliphatic carbocycles. The second-order valence-electron chi connectivity index (χ2n) is 3.66. The number of nitrogen functional groups attached to an aromatic ring is 1. The number of hydrogen-bond acceptors (Lipinski definition) is 4. The molecule has 2 aromatic rings. The molecular formula is C12H8BrClN2O3. The number of nitrogens with zero attached hydrogens (tertiary/aromatic N) is 1. The predicted molar refractivity (Wildman–Crippen MR) is 76.7 cm³/mol. The third-order valence-electron chi connectivity index (χ3n) is 2.32. The SMILES string of the molecule is Nc1cc([N+](=O)[O-])ccc1Oc1cc(Br)ccc1Cl. The maximum Gasteiger partial charge on any atom is 0.271 e. The van der Waals surface area contributed by atoms with Gasteiger partial charge >= 0.3 is 0 Å². The first-order valence-corrected chi connectivity index (χ1v) is 6.31. The molecule has 0 amide bonds. The van der Waals surface area contributed by atoms with Crippen LogP contribution >= 0.6 is 27.5 Å². The number of nitro groups is 1. The van der Waals surface area contributed by atoms with Gasteiger partial charge < -0.3 is 10.5 Å². The van der Waals surface area contributed by atoms with Gasteiger partial charge in [-0.25, -0.2) is 0 Å². The van der Waals surface area contributed by atoms with Crippen molar-refractivity contribution in [3.05, 3.63) is 56.0 Å². The van der Waals surface area contributed by atoms with Crippen LogP contribution in [-0.2, 0) is 0 Å². The quantitative estimate of drug-likeness (QED) is 0.509. The van der Waals surface area contributed by atoms with E-state index < -0.39 is 4.92 Å². The average Bonchev–Trinajstić information content (AvgIpc) is 2.36. The van der Waals surface area contributed by atoms with Crippen molar-refractivity contribution in [2.24, 2.45) is 0 Å². The fourth-order valence-electron chi connectivity index (χ4n) is 1.42. The van der Waals surface area contributed by atoms with E-state index in [-0.39, 0.29) is 11.4 Å². The normalized spacial score (nSPS) is 10.2. The third kappa shape index (κ3) is 3.15. The Labute approximate surface area is 122 Å². The van der Waals surface area contributed by atoms with Crippen LogP contribution in [0.5, 0.6) is 11.5 Å². The Morgan fingerprint density at radius 3 is 2.58 bits per heavy atom. The molecule has 0 aliphatic rings. The summed E-state index contributed by atoms with van der Waals surface area (Å²) < 4.78 is 6.34. The van der Waals surface area contributed by atoms with E-state index in [9.17, 15) is 10.1 Å². The standard InChI is InChI=1S/C12H8BrClN2O3/c13-7-1-3-9(14)12(5-7)19-11-4-2-8(16(17)18)6-10(11)15/h1-6H,15H2. The number of hydrogen-bond donors (Lipinski definition) is 1. The first-order chi connectivity index (χ1) is 8.97. The summed E-state index contributed by atoms with van der Waals surface area (Å²) in [6.07, 6.45) is 0. The number of benzene rings is 2. The fourth-order valence-corrected chi connectivity index (χ4v) is 1.91. The molecular weight excluding hydrogens is 336 g/mol. The summed E-state index contributed by atoms with van der Waals surface area (Å²) >= 11 is 9.28. The van der Waals surface area contributed by atoms with Crippen LogP contribution in [0.4, 0.5) is 11.4 Å². The first-order valence-electron chi connectivity index (χ1n) is 5.14. The zero-order valence-electron chi connectivity index (χ0n) is 9.47. The van der Waals surface area contributed by atoms with E-state index >= 15 is 0 Å². The van der Waals surface area contributed by atoms with Crippen LogP contribution in [0.3, 0.4) is 0 Å². The highest BCUT2D eigenvalue weighted by Gasteiger charge is 2.11. The summed E-state index contributed by atoms with van der Waals surface area (Å²) in [5.74, 6) is 0.724. The molecule has 7 heteroatoms. The number of rotatable bonds is 3. The molecule has 0 saturated carbocycles. The van der Waals surface area contributed by atoms with Gasteiger partial charge in [0.2, 0.25) is 0 Å². The van der Waals surface area contributed by atoms with Crippen LogP contribution < -0.4 is 10.5 Å². The lowest BCUT2D eigenvalue weighted by molar-refractivity contribution is -0.384. The number of ether oxygens (including phenoxy) is 1. The van der Waals surface area contributed by atoms with E-state index in [1.807, 2.05) is 0 Å². The summed E-state index contributed by atoms with van der Waals surface area (Å²) in [6, 6.07) is 9.11. The molecule has 0 unspecified atom stereocenters. The molecule has 0 saturated heterocycles. The Morgan fingerprint density at radius 1 is 1.21 bits per heavy atom. The van der Waals surface area contributed by atoms with Gasteiger partial charge in [-0.2, -0.15) is 0 Å². The minimum atomic E-state index is -0.522. The monoisotopic (exact) mass is 342 g/mol. The molecule has 19 heavy (non-hydrogen) atoms. The third-order valence-corrected chi connectivity index (χ3v) is 3.12. The predicted octanol–water partition coefficient (Wildman–Crippen LogP) is 4.39. The van der Waals surface area contributed by atoms with E-state index in [4.69, 9.17) is 22.1 Å². The summed E-state index contributed by atoms with van der Waals surface area (Å²) in [5.41, 5.74) is 5.79. The maximum absolute atomic E-state index is 10.6. The molecule has 2 N–H and O–H groups in total. The van der Waals surface area contributed by atoms with Crippen LogP contribution in [-0.4, -0.2) is 4.92 Å². The van der Waals surface area contributed by atoms with Crippen molar-refractivity contribution >= 4 is 38.9 Å². The molecule has 2 rings (SSSR count). The highest BCUT2D eigenvalue weighted by atomic mass is 79.9. The molecule has 0 heterocycles. The maximum atomic E-state index is 10.6. The smallest absolute Gasteiger partial charge is 0.271 e. The Morgan fingerprint density at radius 2 is 1.95 bits per heavy atom. The van der Waals surface area contributed by atoms with Gasteiger partial charge in [0.05, 0.1) is 15.6 Å². The van der Waals surface area contributed by atoms with Crippen LogP contribution in [0.25, 0.3) is 0 Å². The Balaban J connectivity index is 2.33. The van der Waals surface area contributed by atoms with E-state index in [0.717, 1.165) is 4.47 Å². The zero-order valence-corrected chi connectivity index (χ0v) is 11.8. The van der Waals surface area contributed by atoms with E-state index in [1.165, 1.54) is 18.2 Å². The molecule has 0 radical (unpaired) electrons. The van der Waals surface area contributed by atoms with Gasteiger partial charge in [0.1, 0.15) is 5.75 Å². The van der Waals surface area contributed by atoms with E-state index in [0.29, 0.717) is 16.5 Å². The Kier molecular flexibility index (Phi) is 3.92. The van der Waals surface area contributed by atoms with Crippen molar-refractivity contribution in [3.63, 3.8) is 0 Å². The van der Waals surface area contributed by atoms with Gasteiger partial charge in [0.15, 0.2) is 5.75 Å². The average molecular weight is 344 g/mol. The van der Waals surface area contributed by atoms with Crippen molar-refractivity contribution < 1.29 is 9.66 Å². The summed E-state index contributed by atoms with van der Waals surface area (Å²) in [7, 11) is 0. The number of nitro benzene ring substituents is 1. The number of halogens is 2. The molecule has 0 aliphatic heterocycles. The van der Waals surface area contributed by atoms with Gasteiger partial charge in [0.25, 0.3) is 5.69 Å². The summed E-state index contributed by atoms with van der Waals surface area (Å²) in [6.45, 7) is 0. The van der Waals surface area contributed by atoms with Gasteiger partial charge in [-0.15, -0.1) is 0 Å². The molecule has 2 aromatic carbocycles. The summed E-state index contributed by atoms with van der Waals surface area (Å²) in [5, 5.41) is 11.0. The highest BCUT2D eigenvalue weighted by molar-refractivity contribution is 9.10. The van der Waals surface area contributed by atoms with Gasteiger partial charge in [-0.3, -0.25) is 10.1 Å². The minimum absolute atomic E-state index is 0.0924. The first kappa shape index (κ1) is 13.6. The Hall–Kier alpha value is -1.79. The minimum Gasteiger partial charge on any atom is -0.454 e. The van der Waals surface area contributed by atoms with Crippen molar-refractivity contribution in [2.75, 3.05) is 5.73 Å². The second-order valence-corrected chi connectivity index (χ2v) is 4.98. The lowest BCUT2D eigenvalue weighted by Gasteiger charge is -2.10. The molecule has 98 valence electrons. The number of non-ortho nitro benzene ring substituents is 1. The van der Waals surface area contributed by atoms with Gasteiger partial charge in [-0.1, -0.05) is 27.5 Å². The molecule has 0 bridgehead atoms. The van der Waals surface area contributed by atoms with Gasteiger partial charge in [-0.05, 0) is 24.3 Å². The number of anilines is 1. The van der Waals surface area contributed by atoms with Crippen LogP contribution in [0.1, 0.15) is 0 Å². The number of nitrogens with two attached hydrogens (primary N) is 1. The topological polar surface area (TPSA) is 78.4 Å². The molecule has 0 atom stereocenters. The van der Waals surface area contributed by atoms with E-state index in [2.05, 4.69) is 15.9 Å². The van der Waals surface area contributed by atoms with Crippen molar-refractivity contribution in [1.82, 2.24) is 0 Å². The van der Waals surface area contributed by atoms with Crippen molar-refractivity contribution in [2.45, 2.75) is 0 Å². The molecule has 0 fully saturated rings. The van der Waals surface area contributed by atoms with Crippen LogP contribution in [0, 0.1) is 10.1 Å². The lowest BCUT2D eigenvalue weighted by Crippen LogP contribution is -1.95. The second kappa shape index (κ2) is 5.46. The highest BCUT2D eigenvalue weighted by Crippen LogP contribution is 2.35. The largest absolute Gasteiger partial charge is 0.454 e. The molecule has 5 nitrogen and oxygen atoms in total. The lowest BCUT2D eigenvalue weighted by atomic mass is 10.2. The Bertz CT molecular complexity index is 649. The van der Waals surface area contributed by atoms with Crippen LogP contribution in [0.2, 0.25) is 5.02 Å². The zero-order chi connectivity index (χ0) is 14.0. The van der Waals surface area contributed by atoms with Crippen molar-refractivity contribution in [1.29, 1.82) is 0 Å². The van der Waals surface area contributed by atoms with Gasteiger partial charge in [0, 0.05) is 16.6 Å². The van der Waals surface area contributed by atoms with Crippen LogP contribution in [0.15, 0.2) is 40.9 Å². The summed E-state index contributed by atoms with van der Waals surface area (Å²) in [4.78, 5) is 10.1. The van der Waals surface area contributed by atoms with E-state index in [1.54, 1.807) is 18.2 Å². The molecule has 0 aromatic heterocycles. The fraction of sp³-hybridized carbons (Fsp3) is 0. The molecule has 0 spiro atoms.